The van der Waals surface area contributed by atoms with Crippen molar-refractivity contribution in [2.75, 3.05) is 0 Å². The molecular weight excluding hydrogens is 465 g/mol. The van der Waals surface area contributed by atoms with Crippen molar-refractivity contribution in [2.24, 2.45) is 0 Å². The molecule has 3 aromatic carbocycles. The zero-order chi connectivity index (χ0) is 23.7. The van der Waals surface area contributed by atoms with Crippen LogP contribution >= 0.6 is 23.2 Å². The lowest BCUT2D eigenvalue weighted by atomic mass is 9.96. The first-order valence-electron chi connectivity index (χ1n) is 10.7. The Morgan fingerprint density at radius 3 is 2.21 bits per heavy atom. The molecule has 0 spiro atoms. The molecule has 0 aliphatic carbocycles. The third-order valence-corrected chi connectivity index (χ3v) is 6.12. The van der Waals surface area contributed by atoms with Crippen molar-refractivity contribution in [2.45, 2.75) is 6.92 Å². The summed E-state index contributed by atoms with van der Waals surface area (Å²) in [5.74, 6) is -0.115. The van der Waals surface area contributed by atoms with E-state index in [1.165, 1.54) is 6.08 Å². The molecule has 0 aliphatic heterocycles. The van der Waals surface area contributed by atoms with Crippen molar-refractivity contribution in [3.8, 4) is 16.8 Å². The smallest absolute Gasteiger partial charge is 0.185 e. The van der Waals surface area contributed by atoms with E-state index >= 15 is 0 Å². The van der Waals surface area contributed by atoms with Crippen molar-refractivity contribution in [1.82, 2.24) is 14.8 Å². The Balaban J connectivity index is 1.75. The predicted molar refractivity (Wildman–Crippen MR) is 139 cm³/mol. The fourth-order valence-corrected chi connectivity index (χ4v) is 4.34. The number of ketones is 1. The molecule has 5 aromatic rings. The third kappa shape index (κ3) is 4.14. The molecule has 2 aromatic heterocycles. The Kier molecular flexibility index (Phi) is 6.01. The normalized spacial score (nSPS) is 11.4. The number of halogens is 2. The molecule has 0 fully saturated rings. The number of aryl methyl sites for hydroxylation is 1. The summed E-state index contributed by atoms with van der Waals surface area (Å²) in [5, 5.41) is 6.55. The first-order valence-corrected chi connectivity index (χ1v) is 11.5. The number of nitrogens with zero attached hydrogens (tertiary/aromatic N) is 3. The molecule has 4 nitrogen and oxygen atoms in total. The quantitative estimate of drug-likeness (QED) is 0.147. The summed E-state index contributed by atoms with van der Waals surface area (Å²) in [5.41, 5.74) is 5.34. The summed E-state index contributed by atoms with van der Waals surface area (Å²) < 4.78 is 1.79. The van der Waals surface area contributed by atoms with E-state index in [-0.39, 0.29) is 10.9 Å². The lowest BCUT2D eigenvalue weighted by molar-refractivity contribution is 0.104. The summed E-state index contributed by atoms with van der Waals surface area (Å²) in [6, 6.07) is 26.4. The molecule has 166 valence electrons. The zero-order valence-corrected chi connectivity index (χ0v) is 19.8. The Morgan fingerprint density at radius 1 is 0.882 bits per heavy atom. The summed E-state index contributed by atoms with van der Waals surface area (Å²) in [6.45, 7) is 1.94. The summed E-state index contributed by atoms with van der Waals surface area (Å²) >= 11 is 12.9. The summed E-state index contributed by atoms with van der Waals surface area (Å²) in [6.07, 6.45) is 3.26. The van der Waals surface area contributed by atoms with Crippen molar-refractivity contribution in [1.29, 1.82) is 0 Å². The molecule has 0 amide bonds. The van der Waals surface area contributed by atoms with Crippen molar-refractivity contribution in [3.63, 3.8) is 0 Å². The number of allylic oxidation sites excluding steroid dienone is 1. The highest BCUT2D eigenvalue weighted by Crippen LogP contribution is 2.38. The van der Waals surface area contributed by atoms with Crippen LogP contribution in [0.5, 0.6) is 0 Å². The molecule has 0 saturated heterocycles. The van der Waals surface area contributed by atoms with Gasteiger partial charge in [-0.2, -0.15) is 5.10 Å². The lowest BCUT2D eigenvalue weighted by Gasteiger charge is -2.12. The Bertz CT molecular complexity index is 1520. The van der Waals surface area contributed by atoms with Crippen LogP contribution in [-0.4, -0.2) is 20.5 Å². The third-order valence-electron chi connectivity index (χ3n) is 5.58. The van der Waals surface area contributed by atoms with Crippen LogP contribution in [0, 0.1) is 6.92 Å². The minimum Gasteiger partial charge on any atom is -0.289 e. The molecule has 0 unspecified atom stereocenters. The molecule has 2 heterocycles. The Labute approximate surface area is 207 Å². The van der Waals surface area contributed by atoms with Gasteiger partial charge in [-0.1, -0.05) is 83.9 Å². The molecule has 0 atom stereocenters. The maximum absolute atomic E-state index is 12.8. The fourth-order valence-electron chi connectivity index (χ4n) is 3.98. The minimum atomic E-state index is -0.115. The largest absolute Gasteiger partial charge is 0.289 e. The number of fused-ring (bicyclic) bond motifs is 1. The topological polar surface area (TPSA) is 47.8 Å². The number of pyridine rings is 1. The van der Waals surface area contributed by atoms with Crippen molar-refractivity contribution >= 4 is 46.1 Å². The average molecular weight is 484 g/mol. The highest BCUT2D eigenvalue weighted by Gasteiger charge is 2.21. The van der Waals surface area contributed by atoms with E-state index in [0.717, 1.165) is 27.9 Å². The summed E-state index contributed by atoms with van der Waals surface area (Å²) in [4.78, 5) is 17.5. The van der Waals surface area contributed by atoms with Crippen LogP contribution in [0.1, 0.15) is 21.6 Å². The Morgan fingerprint density at radius 2 is 1.53 bits per heavy atom. The number of hydrogen-bond donors (Lipinski definition) is 0. The highest BCUT2D eigenvalue weighted by molar-refractivity contribution is 6.32. The SMILES string of the molecule is Cc1nn(-c2ccccc2)c2nc(Cl)c(/C=C/C(=O)c3ccccc3)c(-c3ccc(Cl)cc3)c12. The average Bonchev–Trinajstić information content (AvgIpc) is 3.19. The van der Waals surface area contributed by atoms with Crippen LogP contribution in [0.2, 0.25) is 10.2 Å². The van der Waals surface area contributed by atoms with Gasteiger partial charge in [0.05, 0.1) is 16.8 Å². The molecule has 34 heavy (non-hydrogen) atoms. The van der Waals surface area contributed by atoms with Crippen LogP contribution in [0.3, 0.4) is 0 Å². The number of aromatic nitrogens is 3. The van der Waals surface area contributed by atoms with Crippen LogP contribution in [0.15, 0.2) is 91.0 Å². The van der Waals surface area contributed by atoms with Crippen LogP contribution < -0.4 is 0 Å². The standard InChI is InChI=1S/C28H19Cl2N3O/c1-18-25-26(20-12-14-21(29)15-13-20)23(16-17-24(34)19-8-4-2-5-9-19)27(30)31-28(25)33(32-18)22-10-6-3-7-11-22/h2-17H,1H3/b17-16+. The van der Waals surface area contributed by atoms with Crippen LogP contribution in [0.25, 0.3) is 33.9 Å². The van der Waals surface area contributed by atoms with Gasteiger partial charge >= 0.3 is 0 Å². The molecule has 0 saturated carbocycles. The number of carbonyl (C=O) groups excluding carboxylic acids is 1. The number of para-hydroxylation sites is 1. The lowest BCUT2D eigenvalue weighted by Crippen LogP contribution is -1.99. The van der Waals surface area contributed by atoms with Gasteiger partial charge in [-0.3, -0.25) is 4.79 Å². The zero-order valence-electron chi connectivity index (χ0n) is 18.2. The molecule has 0 bridgehead atoms. The number of carbonyl (C=O) groups is 1. The fraction of sp³-hybridized carbons (Fsp3) is 0.0357. The van der Waals surface area contributed by atoms with E-state index in [4.69, 9.17) is 33.3 Å². The first kappa shape index (κ1) is 22.1. The molecular formula is C28H19Cl2N3O. The predicted octanol–water partition coefficient (Wildman–Crippen LogP) is 7.60. The van der Waals surface area contributed by atoms with Gasteiger partial charge in [-0.05, 0) is 48.9 Å². The van der Waals surface area contributed by atoms with Gasteiger partial charge in [-0.25, -0.2) is 9.67 Å². The van der Waals surface area contributed by atoms with E-state index in [1.54, 1.807) is 22.9 Å². The van der Waals surface area contributed by atoms with Crippen LogP contribution in [-0.2, 0) is 0 Å². The highest BCUT2D eigenvalue weighted by atomic mass is 35.5. The first-order chi connectivity index (χ1) is 16.5. The molecule has 5 rings (SSSR count). The second-order valence-electron chi connectivity index (χ2n) is 7.79. The second kappa shape index (κ2) is 9.26. The van der Waals surface area contributed by atoms with Gasteiger partial charge in [0.1, 0.15) is 5.15 Å². The van der Waals surface area contributed by atoms with E-state index in [2.05, 4.69) is 0 Å². The van der Waals surface area contributed by atoms with Gasteiger partial charge < -0.3 is 0 Å². The van der Waals surface area contributed by atoms with E-state index < -0.39 is 0 Å². The van der Waals surface area contributed by atoms with Gasteiger partial charge in [0.15, 0.2) is 11.4 Å². The molecule has 6 heteroatoms. The van der Waals surface area contributed by atoms with E-state index in [0.29, 0.717) is 21.8 Å². The van der Waals surface area contributed by atoms with Gasteiger partial charge in [0.2, 0.25) is 0 Å². The number of hydrogen-bond acceptors (Lipinski definition) is 3. The van der Waals surface area contributed by atoms with E-state index in [9.17, 15) is 4.79 Å². The number of rotatable bonds is 5. The van der Waals surface area contributed by atoms with Gasteiger partial charge in [-0.15, -0.1) is 0 Å². The van der Waals surface area contributed by atoms with Gasteiger partial charge in [0, 0.05) is 21.7 Å². The van der Waals surface area contributed by atoms with Crippen molar-refractivity contribution in [3.05, 3.63) is 118 Å². The Hall–Kier alpha value is -3.73. The molecule has 0 aliphatic rings. The van der Waals surface area contributed by atoms with Crippen LogP contribution in [0.4, 0.5) is 0 Å². The van der Waals surface area contributed by atoms with Gasteiger partial charge in [0.25, 0.3) is 0 Å². The van der Waals surface area contributed by atoms with E-state index in [1.807, 2.05) is 79.7 Å². The monoisotopic (exact) mass is 483 g/mol. The maximum Gasteiger partial charge on any atom is 0.185 e. The second-order valence-corrected chi connectivity index (χ2v) is 8.59. The summed E-state index contributed by atoms with van der Waals surface area (Å²) in [7, 11) is 0. The van der Waals surface area contributed by atoms with Crippen molar-refractivity contribution < 1.29 is 4.79 Å². The molecule has 0 N–H and O–H groups in total. The minimum absolute atomic E-state index is 0.115. The number of benzene rings is 3. The molecule has 0 radical (unpaired) electrons. The maximum atomic E-state index is 12.8.